The predicted octanol–water partition coefficient (Wildman–Crippen LogP) is 1.59. The maximum Gasteiger partial charge on any atom is 0.314 e. The first-order valence-corrected chi connectivity index (χ1v) is 5.38. The van der Waals surface area contributed by atoms with E-state index in [-0.39, 0.29) is 25.2 Å². The van der Waals surface area contributed by atoms with Gasteiger partial charge in [-0.25, -0.2) is 0 Å². The van der Waals surface area contributed by atoms with Gasteiger partial charge >= 0.3 is 5.97 Å². The van der Waals surface area contributed by atoms with Gasteiger partial charge in [0.25, 0.3) is 0 Å². The van der Waals surface area contributed by atoms with Crippen LogP contribution in [0.2, 0.25) is 0 Å². The lowest BCUT2D eigenvalue weighted by molar-refractivity contribution is -0.156. The van der Waals surface area contributed by atoms with Crippen LogP contribution in [0.3, 0.4) is 0 Å². The lowest BCUT2D eigenvalue weighted by atomic mass is 9.74. The van der Waals surface area contributed by atoms with Crippen LogP contribution < -0.4 is 0 Å². The molecule has 5 nitrogen and oxygen atoms in total. The molecule has 1 unspecified atom stereocenters. The molecular formula is C12H16N2O3. The summed E-state index contributed by atoms with van der Waals surface area (Å²) < 4.78 is 4.87. The summed E-state index contributed by atoms with van der Waals surface area (Å²) in [7, 11) is 0. The predicted molar refractivity (Wildman–Crippen MR) is 59.4 cm³/mol. The van der Waals surface area contributed by atoms with Crippen molar-refractivity contribution in [1.29, 1.82) is 10.5 Å². The molecule has 0 rings (SSSR count). The molecule has 0 radical (unpaired) electrons. The van der Waals surface area contributed by atoms with Gasteiger partial charge in [0, 0.05) is 6.42 Å². The van der Waals surface area contributed by atoms with Crippen molar-refractivity contribution in [3.63, 3.8) is 0 Å². The molecule has 0 fully saturated rings. The Balaban J connectivity index is 5.07. The third-order valence-electron chi connectivity index (χ3n) is 2.63. The van der Waals surface area contributed by atoms with E-state index in [9.17, 15) is 9.59 Å². The number of hydrogen-bond donors (Lipinski definition) is 0. The average molecular weight is 236 g/mol. The highest BCUT2D eigenvalue weighted by Crippen LogP contribution is 2.34. The number of Topliss-reactive ketones (excluding diaryl/α,β-unsaturated/α-hetero) is 1. The Morgan fingerprint density at radius 1 is 1.35 bits per heavy atom. The van der Waals surface area contributed by atoms with Crippen LogP contribution in [0.5, 0.6) is 0 Å². The van der Waals surface area contributed by atoms with E-state index >= 15 is 0 Å². The first-order chi connectivity index (χ1) is 7.92. The van der Waals surface area contributed by atoms with Gasteiger partial charge in [0.05, 0.1) is 24.2 Å². The topological polar surface area (TPSA) is 90.9 Å². The highest BCUT2D eigenvalue weighted by Gasteiger charge is 2.43. The van der Waals surface area contributed by atoms with Crippen LogP contribution >= 0.6 is 0 Å². The molecule has 17 heavy (non-hydrogen) atoms. The molecule has 0 aliphatic carbocycles. The van der Waals surface area contributed by atoms with Crippen molar-refractivity contribution in [3.05, 3.63) is 0 Å². The molecule has 0 spiro atoms. The highest BCUT2D eigenvalue weighted by atomic mass is 16.5. The number of hydrogen-bond acceptors (Lipinski definition) is 5. The summed E-state index contributed by atoms with van der Waals surface area (Å²) in [4.78, 5) is 22.8. The smallest absolute Gasteiger partial charge is 0.314 e. The number of rotatable bonds is 6. The van der Waals surface area contributed by atoms with Crippen LogP contribution in [0, 0.1) is 34.0 Å². The molecule has 0 aromatic carbocycles. The van der Waals surface area contributed by atoms with Crippen LogP contribution in [0.4, 0.5) is 0 Å². The van der Waals surface area contributed by atoms with Crippen LogP contribution in [-0.4, -0.2) is 18.4 Å². The Kier molecular flexibility index (Phi) is 5.91. The molecule has 0 heterocycles. The minimum Gasteiger partial charge on any atom is -0.466 e. The third kappa shape index (κ3) is 3.88. The summed E-state index contributed by atoms with van der Waals surface area (Å²) in [6.07, 6.45) is 0.294. The summed E-state index contributed by atoms with van der Waals surface area (Å²) in [6, 6.07) is 3.56. The molecular weight excluding hydrogens is 220 g/mol. The van der Waals surface area contributed by atoms with Crippen LogP contribution in [0.25, 0.3) is 0 Å². The zero-order chi connectivity index (χ0) is 13.5. The second kappa shape index (κ2) is 6.65. The zero-order valence-electron chi connectivity index (χ0n) is 10.3. The molecule has 0 aliphatic rings. The van der Waals surface area contributed by atoms with E-state index in [1.165, 1.54) is 13.8 Å². The minimum absolute atomic E-state index is 0.0878. The van der Waals surface area contributed by atoms with Crippen LogP contribution in [0.15, 0.2) is 0 Å². The largest absolute Gasteiger partial charge is 0.466 e. The highest BCUT2D eigenvalue weighted by molar-refractivity contribution is 5.80. The summed E-state index contributed by atoms with van der Waals surface area (Å²) >= 11 is 0. The van der Waals surface area contributed by atoms with Crippen molar-refractivity contribution < 1.29 is 14.3 Å². The van der Waals surface area contributed by atoms with Crippen LogP contribution in [0.1, 0.15) is 33.6 Å². The van der Waals surface area contributed by atoms with Crippen molar-refractivity contribution in [2.24, 2.45) is 11.3 Å². The van der Waals surface area contributed by atoms with Crippen LogP contribution in [-0.2, 0) is 14.3 Å². The first-order valence-electron chi connectivity index (χ1n) is 5.38. The van der Waals surface area contributed by atoms with Gasteiger partial charge in [-0.1, -0.05) is 0 Å². The molecule has 1 atom stereocenters. The average Bonchev–Trinajstić information content (AvgIpc) is 2.28. The second-order valence-electron chi connectivity index (χ2n) is 4.03. The fraction of sp³-hybridized carbons (Fsp3) is 0.667. The molecule has 0 saturated heterocycles. The van der Waals surface area contributed by atoms with Crippen molar-refractivity contribution >= 4 is 11.8 Å². The molecule has 0 aromatic rings. The van der Waals surface area contributed by atoms with E-state index in [1.54, 1.807) is 19.1 Å². The van der Waals surface area contributed by atoms with Gasteiger partial charge in [-0.15, -0.1) is 0 Å². The van der Waals surface area contributed by atoms with Gasteiger partial charge in [0.15, 0.2) is 0 Å². The Morgan fingerprint density at radius 2 is 1.88 bits per heavy atom. The summed E-state index contributed by atoms with van der Waals surface area (Å²) in [6.45, 7) is 4.72. The van der Waals surface area contributed by atoms with Crippen molar-refractivity contribution in [3.8, 4) is 12.1 Å². The quantitative estimate of drug-likeness (QED) is 0.653. The van der Waals surface area contributed by atoms with E-state index in [2.05, 4.69) is 0 Å². The minimum atomic E-state index is -1.24. The standard InChI is InChI=1S/C12H16N2O3/c1-4-17-11(16)12(3,6-5-9(2)15)10(7-13)8-14/h10H,4-6H2,1-3H3. The summed E-state index contributed by atoms with van der Waals surface area (Å²) in [5.41, 5.74) is -1.24. The van der Waals surface area contributed by atoms with Crippen molar-refractivity contribution in [2.45, 2.75) is 33.6 Å². The summed E-state index contributed by atoms with van der Waals surface area (Å²) in [5, 5.41) is 17.8. The second-order valence-corrected chi connectivity index (χ2v) is 4.03. The molecule has 5 heteroatoms. The van der Waals surface area contributed by atoms with Crippen molar-refractivity contribution in [1.82, 2.24) is 0 Å². The maximum absolute atomic E-state index is 11.8. The molecule has 0 bridgehead atoms. The van der Waals surface area contributed by atoms with Gasteiger partial charge < -0.3 is 9.53 Å². The molecule has 0 aliphatic heterocycles. The van der Waals surface area contributed by atoms with E-state index in [4.69, 9.17) is 15.3 Å². The fourth-order valence-electron chi connectivity index (χ4n) is 1.41. The number of nitrogens with zero attached hydrogens (tertiary/aromatic N) is 2. The Labute approximate surface area is 101 Å². The lowest BCUT2D eigenvalue weighted by Crippen LogP contribution is -2.37. The molecule has 0 saturated carbocycles. The van der Waals surface area contributed by atoms with E-state index in [1.807, 2.05) is 0 Å². The van der Waals surface area contributed by atoms with Gasteiger partial charge in [0.2, 0.25) is 0 Å². The lowest BCUT2D eigenvalue weighted by Gasteiger charge is -2.27. The molecule has 0 amide bonds. The number of ketones is 1. The monoisotopic (exact) mass is 236 g/mol. The normalized spacial score (nSPS) is 13.3. The number of carbonyl (C=O) groups is 2. The number of nitriles is 2. The molecule has 0 N–H and O–H groups in total. The van der Waals surface area contributed by atoms with E-state index < -0.39 is 17.3 Å². The van der Waals surface area contributed by atoms with Gasteiger partial charge in [-0.3, -0.25) is 4.79 Å². The Hall–Kier alpha value is -1.88. The number of ether oxygens (including phenoxy) is 1. The Bertz CT molecular complexity index is 364. The first kappa shape index (κ1) is 15.1. The molecule has 0 aromatic heterocycles. The number of carbonyl (C=O) groups excluding carboxylic acids is 2. The van der Waals surface area contributed by atoms with Gasteiger partial charge in [-0.05, 0) is 27.2 Å². The van der Waals surface area contributed by atoms with E-state index in [0.717, 1.165) is 0 Å². The van der Waals surface area contributed by atoms with Gasteiger partial charge in [0.1, 0.15) is 11.7 Å². The molecule has 92 valence electrons. The SMILES string of the molecule is CCOC(=O)C(C)(CCC(C)=O)C(C#N)C#N. The zero-order valence-corrected chi connectivity index (χ0v) is 10.3. The Morgan fingerprint density at radius 3 is 2.24 bits per heavy atom. The van der Waals surface area contributed by atoms with E-state index in [0.29, 0.717) is 0 Å². The van der Waals surface area contributed by atoms with Crippen molar-refractivity contribution in [2.75, 3.05) is 6.61 Å². The summed E-state index contributed by atoms with van der Waals surface area (Å²) in [5.74, 6) is -1.80. The number of esters is 1. The van der Waals surface area contributed by atoms with Gasteiger partial charge in [-0.2, -0.15) is 10.5 Å². The third-order valence-corrected chi connectivity index (χ3v) is 2.63. The fourth-order valence-corrected chi connectivity index (χ4v) is 1.41. The maximum atomic E-state index is 11.8.